The summed E-state index contributed by atoms with van der Waals surface area (Å²) in [6, 6.07) is 9.59. The molecule has 2 aromatic carbocycles. The third kappa shape index (κ3) is 4.26. The molecule has 0 heterocycles. The highest BCUT2D eigenvalue weighted by Gasteiger charge is 2.11. The van der Waals surface area contributed by atoms with E-state index in [4.69, 9.17) is 9.47 Å². The van der Waals surface area contributed by atoms with Crippen LogP contribution in [0.5, 0.6) is 11.5 Å². The van der Waals surface area contributed by atoms with Crippen LogP contribution >= 0.6 is 15.9 Å². The van der Waals surface area contributed by atoms with Crippen LogP contribution in [0.3, 0.4) is 0 Å². The fourth-order valence-corrected chi connectivity index (χ4v) is 3.12. The van der Waals surface area contributed by atoms with Gasteiger partial charge in [0.25, 0.3) is 0 Å². The molecule has 0 N–H and O–H groups in total. The fraction of sp³-hybridized carbons (Fsp3) is 0.250. The van der Waals surface area contributed by atoms with Gasteiger partial charge < -0.3 is 9.47 Å². The summed E-state index contributed by atoms with van der Waals surface area (Å²) < 4.78 is 11.7. The molecule has 0 aliphatic carbocycles. The van der Waals surface area contributed by atoms with Crippen molar-refractivity contribution < 1.29 is 14.3 Å². The second-order valence-corrected chi connectivity index (χ2v) is 6.34. The molecule has 4 heteroatoms. The zero-order valence-corrected chi connectivity index (χ0v) is 15.9. The molecule has 0 amide bonds. The Balaban J connectivity index is 2.29. The van der Waals surface area contributed by atoms with Crippen molar-refractivity contribution in [3.05, 3.63) is 63.1 Å². The number of ether oxygens (including phenoxy) is 2. The number of ketones is 1. The Morgan fingerprint density at radius 3 is 2.58 bits per heavy atom. The summed E-state index contributed by atoms with van der Waals surface area (Å²) in [5.41, 5.74) is 3.71. The molecule has 0 fully saturated rings. The first-order valence-electron chi connectivity index (χ1n) is 7.76. The molecule has 0 aliphatic heterocycles. The van der Waals surface area contributed by atoms with Crippen LogP contribution in [0.25, 0.3) is 6.08 Å². The number of methoxy groups -OCH3 is 1. The van der Waals surface area contributed by atoms with Crippen LogP contribution in [-0.4, -0.2) is 19.5 Å². The minimum Gasteiger partial charge on any atom is -0.492 e. The van der Waals surface area contributed by atoms with E-state index in [9.17, 15) is 4.79 Å². The molecule has 0 atom stereocenters. The minimum atomic E-state index is -0.0163. The third-order valence-corrected chi connectivity index (χ3v) is 4.20. The van der Waals surface area contributed by atoms with Crippen molar-refractivity contribution in [2.45, 2.75) is 20.8 Å². The molecule has 0 aliphatic rings. The molecule has 2 aromatic rings. The number of aryl methyl sites for hydroxylation is 2. The predicted octanol–water partition coefficient (Wildman–Crippen LogP) is 5.37. The Morgan fingerprint density at radius 2 is 1.96 bits per heavy atom. The van der Waals surface area contributed by atoms with Crippen LogP contribution in [0.4, 0.5) is 0 Å². The standard InChI is InChI=1S/C20H21BrO3/c1-5-24-19-12-15(11-17(21)20(19)23-4)7-9-18(22)16-8-6-13(2)10-14(16)3/h6-12H,5H2,1-4H3/b9-7+. The van der Waals surface area contributed by atoms with E-state index in [1.54, 1.807) is 19.3 Å². The topological polar surface area (TPSA) is 35.5 Å². The van der Waals surface area contributed by atoms with Gasteiger partial charge in [-0.05, 0) is 66.0 Å². The van der Waals surface area contributed by atoms with Crippen molar-refractivity contribution in [2.24, 2.45) is 0 Å². The van der Waals surface area contributed by atoms with Gasteiger partial charge in [0.2, 0.25) is 0 Å². The number of hydrogen-bond acceptors (Lipinski definition) is 3. The quantitative estimate of drug-likeness (QED) is 0.492. The SMILES string of the molecule is CCOc1cc(/C=C/C(=O)c2ccc(C)cc2C)cc(Br)c1OC. The van der Waals surface area contributed by atoms with Crippen molar-refractivity contribution in [1.29, 1.82) is 0 Å². The number of rotatable bonds is 6. The average Bonchev–Trinajstić information content (AvgIpc) is 2.53. The molecule has 24 heavy (non-hydrogen) atoms. The van der Waals surface area contributed by atoms with Gasteiger partial charge in [-0.1, -0.05) is 29.8 Å². The lowest BCUT2D eigenvalue weighted by atomic mass is 10.0. The van der Waals surface area contributed by atoms with Crippen molar-refractivity contribution in [3.8, 4) is 11.5 Å². The second kappa shape index (κ2) is 8.15. The Kier molecular flexibility index (Phi) is 6.21. The van der Waals surface area contributed by atoms with Crippen molar-refractivity contribution in [3.63, 3.8) is 0 Å². The number of hydrogen-bond donors (Lipinski definition) is 0. The summed E-state index contributed by atoms with van der Waals surface area (Å²) in [7, 11) is 1.60. The van der Waals surface area contributed by atoms with Crippen LogP contribution in [-0.2, 0) is 0 Å². The lowest BCUT2D eigenvalue weighted by Gasteiger charge is -2.12. The van der Waals surface area contributed by atoms with Gasteiger partial charge in [-0.3, -0.25) is 4.79 Å². The number of halogens is 1. The summed E-state index contributed by atoms with van der Waals surface area (Å²) in [5.74, 6) is 1.28. The van der Waals surface area contributed by atoms with Crippen molar-refractivity contribution in [1.82, 2.24) is 0 Å². The summed E-state index contributed by atoms with van der Waals surface area (Å²) in [4.78, 5) is 12.4. The highest BCUT2D eigenvalue weighted by molar-refractivity contribution is 9.10. The number of carbonyl (C=O) groups excluding carboxylic acids is 1. The smallest absolute Gasteiger partial charge is 0.186 e. The summed E-state index contributed by atoms with van der Waals surface area (Å²) in [5, 5.41) is 0. The molecule has 0 spiro atoms. The first-order chi connectivity index (χ1) is 11.5. The normalized spacial score (nSPS) is 10.9. The maximum absolute atomic E-state index is 12.4. The van der Waals surface area contributed by atoms with E-state index < -0.39 is 0 Å². The Morgan fingerprint density at radius 1 is 1.21 bits per heavy atom. The molecule has 126 valence electrons. The van der Waals surface area contributed by atoms with Crippen LogP contribution in [0.2, 0.25) is 0 Å². The van der Waals surface area contributed by atoms with E-state index in [-0.39, 0.29) is 5.78 Å². The van der Waals surface area contributed by atoms with Gasteiger partial charge in [0.15, 0.2) is 17.3 Å². The summed E-state index contributed by atoms with van der Waals surface area (Å²) >= 11 is 3.48. The fourth-order valence-electron chi connectivity index (χ4n) is 2.50. The lowest BCUT2D eigenvalue weighted by Crippen LogP contribution is -1.98. The van der Waals surface area contributed by atoms with E-state index in [0.717, 1.165) is 26.7 Å². The van der Waals surface area contributed by atoms with Gasteiger partial charge in [0.05, 0.1) is 18.2 Å². The second-order valence-electron chi connectivity index (χ2n) is 5.48. The van der Waals surface area contributed by atoms with Gasteiger partial charge in [-0.15, -0.1) is 0 Å². The molecule has 0 bridgehead atoms. The first-order valence-corrected chi connectivity index (χ1v) is 8.55. The predicted molar refractivity (Wildman–Crippen MR) is 101 cm³/mol. The number of allylic oxidation sites excluding steroid dienone is 1. The Bertz CT molecular complexity index is 779. The first kappa shape index (κ1) is 18.3. The van der Waals surface area contributed by atoms with Gasteiger partial charge in [0, 0.05) is 5.56 Å². The largest absolute Gasteiger partial charge is 0.492 e. The Hall–Kier alpha value is -2.07. The minimum absolute atomic E-state index is 0.0163. The monoisotopic (exact) mass is 388 g/mol. The van der Waals surface area contributed by atoms with Gasteiger partial charge in [-0.2, -0.15) is 0 Å². The molecule has 0 saturated carbocycles. The molecule has 3 nitrogen and oxygen atoms in total. The van der Waals surface area contributed by atoms with Crippen molar-refractivity contribution >= 4 is 27.8 Å². The Labute approximate surface area is 151 Å². The average molecular weight is 389 g/mol. The van der Waals surface area contributed by atoms with Gasteiger partial charge in [-0.25, -0.2) is 0 Å². The van der Waals surface area contributed by atoms with E-state index in [1.807, 2.05) is 51.1 Å². The van der Waals surface area contributed by atoms with Crippen molar-refractivity contribution in [2.75, 3.05) is 13.7 Å². The van der Waals surface area contributed by atoms with Crippen LogP contribution < -0.4 is 9.47 Å². The van der Waals surface area contributed by atoms with Crippen LogP contribution in [0, 0.1) is 13.8 Å². The zero-order valence-electron chi connectivity index (χ0n) is 14.4. The highest BCUT2D eigenvalue weighted by atomic mass is 79.9. The van der Waals surface area contributed by atoms with E-state index in [1.165, 1.54) is 0 Å². The van der Waals surface area contributed by atoms with Crippen LogP contribution in [0.15, 0.2) is 40.9 Å². The highest BCUT2D eigenvalue weighted by Crippen LogP contribution is 2.36. The maximum Gasteiger partial charge on any atom is 0.186 e. The van der Waals surface area contributed by atoms with Gasteiger partial charge in [0.1, 0.15) is 0 Å². The maximum atomic E-state index is 12.4. The zero-order chi connectivity index (χ0) is 17.7. The van der Waals surface area contributed by atoms with E-state index >= 15 is 0 Å². The molecule has 0 unspecified atom stereocenters. The summed E-state index contributed by atoms with van der Waals surface area (Å²) in [6.45, 7) is 6.42. The number of carbonyl (C=O) groups is 1. The van der Waals surface area contributed by atoms with E-state index in [2.05, 4.69) is 15.9 Å². The lowest BCUT2D eigenvalue weighted by molar-refractivity contribution is 0.104. The molecule has 2 rings (SSSR count). The molecule has 0 radical (unpaired) electrons. The van der Waals surface area contributed by atoms with Crippen LogP contribution in [0.1, 0.15) is 34.0 Å². The molecule has 0 saturated heterocycles. The third-order valence-electron chi connectivity index (χ3n) is 3.61. The molecular weight excluding hydrogens is 368 g/mol. The molecule has 0 aromatic heterocycles. The molecular formula is C20H21BrO3. The van der Waals surface area contributed by atoms with E-state index in [0.29, 0.717) is 18.1 Å². The van der Waals surface area contributed by atoms with Gasteiger partial charge >= 0.3 is 0 Å². The summed E-state index contributed by atoms with van der Waals surface area (Å²) in [6.07, 6.45) is 3.37. The number of benzene rings is 2.